The van der Waals surface area contributed by atoms with Crippen molar-refractivity contribution in [3.05, 3.63) is 0 Å². The Morgan fingerprint density at radius 2 is 2.24 bits per heavy atom. The summed E-state index contributed by atoms with van der Waals surface area (Å²) in [5, 5.41) is 3.29. The third kappa shape index (κ3) is 5.34. The standard InChI is InChI=1S/C13H28N2O2/c1-12(2)17-8-6-15(4)10-13(9-14-3)5-7-16-11-13/h12,14H,5-11H2,1-4H3. The lowest BCUT2D eigenvalue weighted by Crippen LogP contribution is -2.43. The Hall–Kier alpha value is -0.160. The second-order valence-corrected chi connectivity index (χ2v) is 5.49. The van der Waals surface area contributed by atoms with Gasteiger partial charge < -0.3 is 19.7 Å². The molecule has 4 nitrogen and oxygen atoms in total. The first-order chi connectivity index (χ1) is 8.08. The first kappa shape index (κ1) is 14.9. The van der Waals surface area contributed by atoms with Crippen LogP contribution in [0.2, 0.25) is 0 Å². The Labute approximate surface area is 106 Å². The van der Waals surface area contributed by atoms with Crippen molar-refractivity contribution in [3.8, 4) is 0 Å². The fraction of sp³-hybridized carbons (Fsp3) is 1.00. The zero-order chi connectivity index (χ0) is 12.7. The zero-order valence-corrected chi connectivity index (χ0v) is 11.8. The smallest absolute Gasteiger partial charge is 0.0596 e. The molecule has 1 N–H and O–H groups in total. The highest BCUT2D eigenvalue weighted by molar-refractivity contribution is 4.87. The van der Waals surface area contributed by atoms with E-state index in [1.807, 2.05) is 7.05 Å². The lowest BCUT2D eigenvalue weighted by Gasteiger charge is -2.32. The van der Waals surface area contributed by atoms with Crippen LogP contribution in [0.5, 0.6) is 0 Å². The van der Waals surface area contributed by atoms with E-state index in [9.17, 15) is 0 Å². The summed E-state index contributed by atoms with van der Waals surface area (Å²) in [6.45, 7) is 9.84. The van der Waals surface area contributed by atoms with Gasteiger partial charge in [-0.3, -0.25) is 0 Å². The van der Waals surface area contributed by atoms with Crippen LogP contribution in [0.1, 0.15) is 20.3 Å². The normalized spacial score (nSPS) is 25.1. The average molecular weight is 244 g/mol. The second kappa shape index (κ2) is 7.31. The van der Waals surface area contributed by atoms with Crippen LogP contribution < -0.4 is 5.32 Å². The molecule has 102 valence electrons. The molecule has 1 saturated heterocycles. The molecule has 1 aliphatic heterocycles. The SMILES string of the molecule is CNCC1(CN(C)CCOC(C)C)CCOC1. The Morgan fingerprint density at radius 3 is 2.76 bits per heavy atom. The molecule has 0 aromatic rings. The third-order valence-corrected chi connectivity index (χ3v) is 3.27. The van der Waals surface area contributed by atoms with Gasteiger partial charge in [-0.05, 0) is 34.4 Å². The van der Waals surface area contributed by atoms with E-state index in [4.69, 9.17) is 9.47 Å². The molecule has 1 unspecified atom stereocenters. The average Bonchev–Trinajstić information content (AvgIpc) is 2.66. The van der Waals surface area contributed by atoms with Crippen molar-refractivity contribution in [2.45, 2.75) is 26.4 Å². The van der Waals surface area contributed by atoms with E-state index in [2.05, 4.69) is 31.1 Å². The quantitative estimate of drug-likeness (QED) is 0.690. The van der Waals surface area contributed by atoms with E-state index in [-0.39, 0.29) is 0 Å². The minimum Gasteiger partial charge on any atom is -0.381 e. The monoisotopic (exact) mass is 244 g/mol. The number of nitrogens with zero attached hydrogens (tertiary/aromatic N) is 1. The van der Waals surface area contributed by atoms with Gasteiger partial charge in [-0.1, -0.05) is 0 Å². The van der Waals surface area contributed by atoms with Crippen LogP contribution in [-0.2, 0) is 9.47 Å². The topological polar surface area (TPSA) is 33.7 Å². The highest BCUT2D eigenvalue weighted by Crippen LogP contribution is 2.28. The first-order valence-electron chi connectivity index (χ1n) is 6.60. The largest absolute Gasteiger partial charge is 0.381 e. The van der Waals surface area contributed by atoms with Crippen LogP contribution in [0.4, 0.5) is 0 Å². The molecule has 0 amide bonds. The van der Waals surface area contributed by atoms with Crippen LogP contribution in [0, 0.1) is 5.41 Å². The molecular weight excluding hydrogens is 216 g/mol. The van der Waals surface area contributed by atoms with Crippen molar-refractivity contribution in [1.29, 1.82) is 0 Å². The molecule has 0 aliphatic carbocycles. The number of likely N-dealkylation sites (N-methyl/N-ethyl adjacent to an activating group) is 1. The van der Waals surface area contributed by atoms with Crippen molar-refractivity contribution in [2.24, 2.45) is 5.41 Å². The second-order valence-electron chi connectivity index (χ2n) is 5.49. The van der Waals surface area contributed by atoms with E-state index in [0.717, 1.165) is 45.9 Å². The molecule has 0 radical (unpaired) electrons. The maximum absolute atomic E-state index is 5.58. The van der Waals surface area contributed by atoms with Gasteiger partial charge in [0.1, 0.15) is 0 Å². The Morgan fingerprint density at radius 1 is 1.47 bits per heavy atom. The summed E-state index contributed by atoms with van der Waals surface area (Å²) in [7, 11) is 4.18. The van der Waals surface area contributed by atoms with Gasteiger partial charge in [-0.2, -0.15) is 0 Å². The highest BCUT2D eigenvalue weighted by atomic mass is 16.5. The predicted octanol–water partition coefficient (Wildman–Crippen LogP) is 0.969. The van der Waals surface area contributed by atoms with E-state index in [1.165, 1.54) is 0 Å². The summed E-state index contributed by atoms with van der Waals surface area (Å²) in [6.07, 6.45) is 1.48. The van der Waals surface area contributed by atoms with Crippen LogP contribution in [0.3, 0.4) is 0 Å². The Bertz CT molecular complexity index is 204. The van der Waals surface area contributed by atoms with Crippen molar-refractivity contribution in [1.82, 2.24) is 10.2 Å². The molecule has 0 saturated carbocycles. The van der Waals surface area contributed by atoms with Gasteiger partial charge in [0.05, 0.1) is 19.3 Å². The molecule has 1 rings (SSSR count). The summed E-state index contributed by atoms with van der Waals surface area (Å²) in [5.41, 5.74) is 0.293. The molecule has 1 heterocycles. The number of hydrogen-bond acceptors (Lipinski definition) is 4. The molecule has 0 bridgehead atoms. The summed E-state index contributed by atoms with van der Waals surface area (Å²) in [4.78, 5) is 2.36. The molecular formula is C13H28N2O2. The van der Waals surface area contributed by atoms with Gasteiger partial charge in [-0.25, -0.2) is 0 Å². The number of rotatable bonds is 8. The van der Waals surface area contributed by atoms with Gasteiger partial charge in [0.2, 0.25) is 0 Å². The van der Waals surface area contributed by atoms with Crippen molar-refractivity contribution in [2.75, 3.05) is 53.6 Å². The van der Waals surface area contributed by atoms with E-state index >= 15 is 0 Å². The van der Waals surface area contributed by atoms with Crippen LogP contribution in [0.25, 0.3) is 0 Å². The summed E-state index contributed by atoms with van der Waals surface area (Å²) >= 11 is 0. The molecule has 1 aliphatic rings. The minimum absolute atomic E-state index is 0.293. The van der Waals surface area contributed by atoms with Gasteiger partial charge in [-0.15, -0.1) is 0 Å². The molecule has 0 aromatic carbocycles. The van der Waals surface area contributed by atoms with Crippen LogP contribution in [0.15, 0.2) is 0 Å². The van der Waals surface area contributed by atoms with E-state index < -0.39 is 0 Å². The van der Waals surface area contributed by atoms with Crippen LogP contribution >= 0.6 is 0 Å². The summed E-state index contributed by atoms with van der Waals surface area (Å²) < 4.78 is 11.1. The number of ether oxygens (including phenoxy) is 2. The molecule has 0 spiro atoms. The Balaban J connectivity index is 2.29. The first-order valence-corrected chi connectivity index (χ1v) is 6.60. The van der Waals surface area contributed by atoms with E-state index in [0.29, 0.717) is 11.5 Å². The maximum atomic E-state index is 5.58. The lowest BCUT2D eigenvalue weighted by molar-refractivity contribution is 0.0515. The maximum Gasteiger partial charge on any atom is 0.0596 e. The highest BCUT2D eigenvalue weighted by Gasteiger charge is 2.35. The molecule has 1 fully saturated rings. The fourth-order valence-corrected chi connectivity index (χ4v) is 2.44. The minimum atomic E-state index is 0.293. The molecule has 1 atom stereocenters. The van der Waals surface area contributed by atoms with E-state index in [1.54, 1.807) is 0 Å². The molecule has 4 heteroatoms. The number of nitrogens with one attached hydrogen (secondary N) is 1. The lowest BCUT2D eigenvalue weighted by atomic mass is 9.86. The van der Waals surface area contributed by atoms with Gasteiger partial charge in [0.25, 0.3) is 0 Å². The Kier molecular flexibility index (Phi) is 6.41. The van der Waals surface area contributed by atoms with Gasteiger partial charge in [0.15, 0.2) is 0 Å². The summed E-state index contributed by atoms with van der Waals surface area (Å²) in [5.74, 6) is 0. The van der Waals surface area contributed by atoms with Crippen molar-refractivity contribution in [3.63, 3.8) is 0 Å². The number of hydrogen-bond donors (Lipinski definition) is 1. The fourth-order valence-electron chi connectivity index (χ4n) is 2.44. The van der Waals surface area contributed by atoms with Crippen molar-refractivity contribution < 1.29 is 9.47 Å². The third-order valence-electron chi connectivity index (χ3n) is 3.27. The molecule has 0 aromatic heterocycles. The zero-order valence-electron chi connectivity index (χ0n) is 11.8. The van der Waals surface area contributed by atoms with Gasteiger partial charge >= 0.3 is 0 Å². The van der Waals surface area contributed by atoms with Crippen molar-refractivity contribution >= 4 is 0 Å². The predicted molar refractivity (Wildman–Crippen MR) is 70.4 cm³/mol. The summed E-state index contributed by atoms with van der Waals surface area (Å²) in [6, 6.07) is 0. The van der Waals surface area contributed by atoms with Crippen LogP contribution in [-0.4, -0.2) is 64.6 Å². The molecule has 17 heavy (non-hydrogen) atoms. The van der Waals surface area contributed by atoms with Gasteiger partial charge in [0, 0.05) is 31.7 Å².